The molecule has 0 saturated heterocycles. The number of amides is 1. The quantitative estimate of drug-likeness (QED) is 0.145. The SMILES string of the molecule is CN(C)C[C@@H](NC(=O)c1nc2cc3c(-c4ccncc4)nn(C(c4ccccc4)(c4ccccc4)c4ccccc4)c3cc2[nH]1)c1ccccc1. The Morgan fingerprint density at radius 1 is 0.765 bits per heavy atom. The van der Waals surface area contributed by atoms with E-state index in [9.17, 15) is 4.79 Å². The first kappa shape index (κ1) is 31.9. The van der Waals surface area contributed by atoms with Crippen LogP contribution >= 0.6 is 0 Å². The van der Waals surface area contributed by atoms with Crippen molar-refractivity contribution >= 4 is 27.8 Å². The van der Waals surface area contributed by atoms with Crippen LogP contribution in [-0.2, 0) is 5.54 Å². The van der Waals surface area contributed by atoms with Crippen LogP contribution in [0.5, 0.6) is 0 Å². The van der Waals surface area contributed by atoms with Crippen LogP contribution in [0.4, 0.5) is 0 Å². The minimum Gasteiger partial charge on any atom is -0.341 e. The number of likely N-dealkylation sites (N-methyl/N-ethyl adjacent to an activating group) is 1. The second-order valence-corrected chi connectivity index (χ2v) is 13.0. The van der Waals surface area contributed by atoms with Gasteiger partial charge in [0.25, 0.3) is 5.91 Å². The summed E-state index contributed by atoms with van der Waals surface area (Å²) >= 11 is 0. The Kier molecular flexibility index (Phi) is 8.43. The molecule has 0 bridgehead atoms. The van der Waals surface area contributed by atoms with E-state index in [1.807, 2.05) is 80.8 Å². The molecule has 0 spiro atoms. The zero-order chi connectivity index (χ0) is 34.8. The predicted molar refractivity (Wildman–Crippen MR) is 202 cm³/mol. The fourth-order valence-corrected chi connectivity index (χ4v) is 7.12. The highest BCUT2D eigenvalue weighted by molar-refractivity contribution is 6.03. The average Bonchev–Trinajstić information content (AvgIpc) is 3.77. The number of aromatic amines is 1. The van der Waals surface area contributed by atoms with E-state index in [4.69, 9.17) is 10.1 Å². The third-order valence-electron chi connectivity index (χ3n) is 9.40. The Morgan fingerprint density at radius 3 is 1.86 bits per heavy atom. The molecule has 1 atom stereocenters. The number of hydrogen-bond acceptors (Lipinski definition) is 5. The number of benzene rings is 5. The summed E-state index contributed by atoms with van der Waals surface area (Å²) < 4.78 is 2.14. The third kappa shape index (κ3) is 5.85. The van der Waals surface area contributed by atoms with Crippen LogP contribution in [0.25, 0.3) is 33.2 Å². The fourth-order valence-electron chi connectivity index (χ4n) is 7.12. The Labute approximate surface area is 296 Å². The lowest BCUT2D eigenvalue weighted by atomic mass is 9.77. The van der Waals surface area contributed by atoms with Crippen molar-refractivity contribution in [1.82, 2.24) is 34.9 Å². The Balaban J connectivity index is 1.36. The second kappa shape index (κ2) is 13.5. The van der Waals surface area contributed by atoms with E-state index >= 15 is 0 Å². The topological polar surface area (TPSA) is 91.7 Å². The van der Waals surface area contributed by atoms with E-state index in [0.29, 0.717) is 12.1 Å². The molecule has 1 amide bonds. The van der Waals surface area contributed by atoms with Crippen molar-refractivity contribution in [2.75, 3.05) is 20.6 Å². The average molecular weight is 668 g/mol. The summed E-state index contributed by atoms with van der Waals surface area (Å²) in [7, 11) is 4.00. The van der Waals surface area contributed by atoms with E-state index in [0.717, 1.165) is 49.9 Å². The molecule has 250 valence electrons. The number of fused-ring (bicyclic) bond motifs is 2. The Bertz CT molecular complexity index is 2310. The van der Waals surface area contributed by atoms with Gasteiger partial charge in [0.1, 0.15) is 11.2 Å². The fraction of sp³-hybridized carbons (Fsp3) is 0.116. The summed E-state index contributed by atoms with van der Waals surface area (Å²) in [4.78, 5) is 28.4. The smallest absolute Gasteiger partial charge is 0.287 e. The van der Waals surface area contributed by atoms with E-state index in [-0.39, 0.29) is 17.8 Å². The number of rotatable bonds is 10. The van der Waals surface area contributed by atoms with Gasteiger partial charge in [-0.2, -0.15) is 5.10 Å². The molecule has 8 heteroatoms. The summed E-state index contributed by atoms with van der Waals surface area (Å²) in [6.45, 7) is 0.644. The molecule has 51 heavy (non-hydrogen) atoms. The molecular formula is C43H37N7O. The number of nitrogens with zero attached hydrogens (tertiary/aromatic N) is 5. The van der Waals surface area contributed by atoms with Gasteiger partial charge in [0.2, 0.25) is 0 Å². The summed E-state index contributed by atoms with van der Waals surface area (Å²) in [5.41, 5.74) is 7.39. The van der Waals surface area contributed by atoms with Gasteiger partial charge < -0.3 is 15.2 Å². The molecule has 5 aromatic carbocycles. The van der Waals surface area contributed by atoms with E-state index in [1.165, 1.54) is 0 Å². The summed E-state index contributed by atoms with van der Waals surface area (Å²) in [6.07, 6.45) is 3.57. The second-order valence-electron chi connectivity index (χ2n) is 13.0. The van der Waals surface area contributed by atoms with E-state index in [1.54, 1.807) is 12.4 Å². The van der Waals surface area contributed by atoms with Gasteiger partial charge in [-0.1, -0.05) is 121 Å². The van der Waals surface area contributed by atoms with Gasteiger partial charge in [-0.3, -0.25) is 9.78 Å². The van der Waals surface area contributed by atoms with Crippen LogP contribution < -0.4 is 5.32 Å². The van der Waals surface area contributed by atoms with Crippen molar-refractivity contribution in [1.29, 1.82) is 0 Å². The first-order chi connectivity index (χ1) is 25.0. The van der Waals surface area contributed by atoms with Gasteiger partial charge in [0.15, 0.2) is 5.82 Å². The molecular weight excluding hydrogens is 631 g/mol. The molecule has 0 aliphatic carbocycles. The highest BCUT2D eigenvalue weighted by Gasteiger charge is 2.41. The van der Waals surface area contributed by atoms with Crippen molar-refractivity contribution in [2.45, 2.75) is 11.6 Å². The van der Waals surface area contributed by atoms with Crippen LogP contribution in [0.1, 0.15) is 38.9 Å². The molecule has 0 aliphatic rings. The van der Waals surface area contributed by atoms with Crippen molar-refractivity contribution in [3.8, 4) is 11.3 Å². The minimum absolute atomic E-state index is 0.212. The standard InChI is InChI=1S/C43H37N7O/c1-49(2)29-38(30-15-7-3-8-16-30)47-42(51)41-45-36-27-35-39(28-37(36)46-41)50(48-40(35)31-23-25-44-26-24-31)43(32-17-9-4-10-18-32,33-19-11-5-12-20-33)34-21-13-6-14-22-34/h3-28,38H,29H2,1-2H3,(H,45,46)(H,47,51)/t38-/m1/s1. The number of imidazole rings is 1. The normalized spacial score (nSPS) is 12.4. The van der Waals surface area contributed by atoms with Crippen molar-refractivity contribution in [3.63, 3.8) is 0 Å². The highest BCUT2D eigenvalue weighted by atomic mass is 16.2. The minimum atomic E-state index is -0.851. The summed E-state index contributed by atoms with van der Waals surface area (Å²) in [5, 5.41) is 9.61. The van der Waals surface area contributed by atoms with Crippen LogP contribution in [-0.4, -0.2) is 56.2 Å². The molecule has 8 nitrogen and oxygen atoms in total. The number of carbonyl (C=O) groups is 1. The van der Waals surface area contributed by atoms with Gasteiger partial charge >= 0.3 is 0 Å². The van der Waals surface area contributed by atoms with Crippen LogP contribution in [0.15, 0.2) is 158 Å². The number of hydrogen-bond donors (Lipinski definition) is 2. The molecule has 0 fully saturated rings. The first-order valence-corrected chi connectivity index (χ1v) is 17.0. The summed E-state index contributed by atoms with van der Waals surface area (Å²) in [5.74, 6) is -0.0168. The zero-order valence-corrected chi connectivity index (χ0v) is 28.4. The molecule has 3 heterocycles. The van der Waals surface area contributed by atoms with Crippen LogP contribution in [0.2, 0.25) is 0 Å². The van der Waals surface area contributed by atoms with Crippen molar-refractivity contribution in [3.05, 3.63) is 186 Å². The number of aromatic nitrogens is 5. The van der Waals surface area contributed by atoms with Gasteiger partial charge in [0, 0.05) is 29.9 Å². The predicted octanol–water partition coefficient (Wildman–Crippen LogP) is 7.85. The number of carbonyl (C=O) groups excluding carboxylic acids is 1. The molecule has 3 aromatic heterocycles. The van der Waals surface area contributed by atoms with Crippen LogP contribution in [0, 0.1) is 0 Å². The van der Waals surface area contributed by atoms with Gasteiger partial charge in [-0.15, -0.1) is 0 Å². The highest BCUT2D eigenvalue weighted by Crippen LogP contribution is 2.44. The van der Waals surface area contributed by atoms with Crippen molar-refractivity contribution in [2.24, 2.45) is 0 Å². The lowest BCUT2D eigenvalue weighted by Gasteiger charge is -2.37. The lowest BCUT2D eigenvalue weighted by molar-refractivity contribution is 0.0920. The van der Waals surface area contributed by atoms with Crippen LogP contribution in [0.3, 0.4) is 0 Å². The number of H-pyrrole nitrogens is 1. The molecule has 0 saturated carbocycles. The molecule has 8 aromatic rings. The summed E-state index contributed by atoms with van der Waals surface area (Å²) in [6, 6.07) is 49.4. The molecule has 8 rings (SSSR count). The maximum Gasteiger partial charge on any atom is 0.287 e. The molecule has 0 radical (unpaired) electrons. The third-order valence-corrected chi connectivity index (χ3v) is 9.40. The largest absolute Gasteiger partial charge is 0.341 e. The maximum atomic E-state index is 13.8. The van der Waals surface area contributed by atoms with Gasteiger partial charge in [-0.05, 0) is 60.6 Å². The lowest BCUT2D eigenvalue weighted by Crippen LogP contribution is -2.38. The first-order valence-electron chi connectivity index (χ1n) is 17.0. The monoisotopic (exact) mass is 667 g/mol. The van der Waals surface area contributed by atoms with E-state index in [2.05, 4.69) is 104 Å². The number of nitrogens with one attached hydrogen (secondary N) is 2. The number of pyridine rings is 1. The van der Waals surface area contributed by atoms with Gasteiger partial charge in [-0.25, -0.2) is 9.67 Å². The zero-order valence-electron chi connectivity index (χ0n) is 28.4. The Hall–Kier alpha value is -6.38. The molecule has 2 N–H and O–H groups in total. The molecule has 0 unspecified atom stereocenters. The van der Waals surface area contributed by atoms with E-state index < -0.39 is 5.54 Å². The van der Waals surface area contributed by atoms with Crippen molar-refractivity contribution < 1.29 is 4.79 Å². The molecule has 0 aliphatic heterocycles. The maximum absolute atomic E-state index is 13.8. The Morgan fingerprint density at radius 2 is 1.31 bits per heavy atom. The van der Waals surface area contributed by atoms with Gasteiger partial charge in [0.05, 0.1) is 22.6 Å².